The molecule has 0 aliphatic carbocycles. The number of carbonyl (C=O) groups is 4. The molecule has 1 saturated heterocycles. The van der Waals surface area contributed by atoms with Crippen LogP contribution in [-0.4, -0.2) is 98.0 Å². The first-order chi connectivity index (χ1) is 22.6. The molecule has 0 spiro atoms. The number of rotatable bonds is 17. The number of nitrogens with zero attached hydrogens (tertiary/aromatic N) is 2. The Morgan fingerprint density at radius 2 is 1.43 bits per heavy atom. The Morgan fingerprint density at radius 1 is 0.830 bits per heavy atom. The van der Waals surface area contributed by atoms with Gasteiger partial charge in [0.2, 0.25) is 17.7 Å². The number of urea groups is 1. The Kier molecular flexibility index (Phi) is 15.6. The summed E-state index contributed by atoms with van der Waals surface area (Å²) >= 11 is 0. The van der Waals surface area contributed by atoms with Crippen LogP contribution < -0.4 is 32.7 Å². The van der Waals surface area contributed by atoms with E-state index in [9.17, 15) is 19.2 Å². The number of piperazine rings is 1. The van der Waals surface area contributed by atoms with Crippen LogP contribution in [0.15, 0.2) is 60.7 Å². The molecule has 12 nitrogen and oxygen atoms in total. The molecule has 0 aromatic heterocycles. The summed E-state index contributed by atoms with van der Waals surface area (Å²) in [7, 11) is 1.65. The summed E-state index contributed by atoms with van der Waals surface area (Å²) in [6.07, 6.45) is 2.44. The highest BCUT2D eigenvalue weighted by molar-refractivity contribution is 5.94. The molecule has 47 heavy (non-hydrogen) atoms. The van der Waals surface area contributed by atoms with Crippen molar-refractivity contribution in [2.45, 2.75) is 70.1 Å². The Hall–Kier alpha value is -4.00. The maximum absolute atomic E-state index is 13.9. The van der Waals surface area contributed by atoms with Crippen LogP contribution in [0.3, 0.4) is 0 Å². The molecular formula is C35H54N8O4. The van der Waals surface area contributed by atoms with Gasteiger partial charge in [-0.25, -0.2) is 4.79 Å². The van der Waals surface area contributed by atoms with Crippen LogP contribution in [0.2, 0.25) is 0 Å². The molecule has 3 rings (SSSR count). The summed E-state index contributed by atoms with van der Waals surface area (Å²) in [6, 6.07) is 15.4. The summed E-state index contributed by atoms with van der Waals surface area (Å²) in [5.74, 6) is -0.984. The number of hydrogen-bond donors (Lipinski definition) is 6. The molecule has 1 aliphatic rings. The molecule has 1 heterocycles. The van der Waals surface area contributed by atoms with Gasteiger partial charge < -0.3 is 42.5 Å². The normalized spacial score (nSPS) is 15.7. The highest BCUT2D eigenvalue weighted by atomic mass is 16.2. The minimum absolute atomic E-state index is 0.0649. The number of nitrogens with one attached hydrogen (secondary N) is 4. The van der Waals surface area contributed by atoms with E-state index in [0.29, 0.717) is 52.0 Å². The van der Waals surface area contributed by atoms with Gasteiger partial charge in [0.1, 0.15) is 18.1 Å². The molecule has 1 fully saturated rings. The molecule has 2 aromatic carbocycles. The second-order valence-corrected chi connectivity index (χ2v) is 12.6. The van der Waals surface area contributed by atoms with Crippen molar-refractivity contribution < 1.29 is 19.2 Å². The first kappa shape index (κ1) is 37.5. The zero-order valence-corrected chi connectivity index (χ0v) is 28.1. The van der Waals surface area contributed by atoms with Crippen molar-refractivity contribution in [2.24, 2.45) is 17.4 Å². The average molecular weight is 651 g/mol. The summed E-state index contributed by atoms with van der Waals surface area (Å²) in [4.78, 5) is 58.0. The number of nitrogens with two attached hydrogens (primary N) is 2. The van der Waals surface area contributed by atoms with E-state index in [1.54, 1.807) is 11.9 Å². The number of likely N-dealkylation sites (N-methyl/N-ethyl adjacent to an activating group) is 1. The maximum atomic E-state index is 13.9. The Labute approximate surface area is 279 Å². The number of unbranched alkanes of at least 4 members (excludes halogenated alkanes) is 1. The number of amides is 5. The van der Waals surface area contributed by atoms with Crippen molar-refractivity contribution in [1.29, 1.82) is 0 Å². The predicted molar refractivity (Wildman–Crippen MR) is 184 cm³/mol. The molecule has 12 heteroatoms. The van der Waals surface area contributed by atoms with Crippen molar-refractivity contribution in [3.63, 3.8) is 0 Å². The maximum Gasteiger partial charge on any atom is 0.318 e. The number of benzene rings is 2. The third-order valence-corrected chi connectivity index (χ3v) is 8.42. The van der Waals surface area contributed by atoms with E-state index in [0.717, 1.165) is 17.5 Å². The first-order valence-corrected chi connectivity index (χ1v) is 16.8. The van der Waals surface area contributed by atoms with E-state index < -0.39 is 42.0 Å². The van der Waals surface area contributed by atoms with Crippen molar-refractivity contribution in [1.82, 2.24) is 31.1 Å². The van der Waals surface area contributed by atoms with Crippen LogP contribution in [0.1, 0.15) is 56.7 Å². The van der Waals surface area contributed by atoms with Crippen molar-refractivity contribution in [3.05, 3.63) is 71.8 Å². The van der Waals surface area contributed by atoms with Gasteiger partial charge >= 0.3 is 6.03 Å². The minimum atomic E-state index is -0.980. The van der Waals surface area contributed by atoms with E-state index in [1.807, 2.05) is 74.5 Å². The average Bonchev–Trinajstić information content (AvgIpc) is 3.08. The zero-order chi connectivity index (χ0) is 34.2. The van der Waals surface area contributed by atoms with Gasteiger partial charge in [0.25, 0.3) is 0 Å². The van der Waals surface area contributed by atoms with Gasteiger partial charge in [0.15, 0.2) is 0 Å². The summed E-state index contributed by atoms with van der Waals surface area (Å²) in [6.45, 7) is 7.15. The Bertz CT molecular complexity index is 1260. The van der Waals surface area contributed by atoms with Gasteiger partial charge in [-0.15, -0.1) is 0 Å². The van der Waals surface area contributed by atoms with E-state index in [-0.39, 0.29) is 24.8 Å². The Balaban J connectivity index is 1.80. The lowest BCUT2D eigenvalue weighted by Gasteiger charge is -2.32. The monoisotopic (exact) mass is 650 g/mol. The summed E-state index contributed by atoms with van der Waals surface area (Å²) in [5.41, 5.74) is 13.5. The molecule has 0 bridgehead atoms. The predicted octanol–water partition coefficient (Wildman–Crippen LogP) is 1.52. The minimum Gasteiger partial charge on any atom is -0.343 e. The van der Waals surface area contributed by atoms with Crippen LogP contribution in [0.4, 0.5) is 4.79 Å². The topological polar surface area (TPSA) is 175 Å². The zero-order valence-electron chi connectivity index (χ0n) is 28.1. The van der Waals surface area contributed by atoms with Gasteiger partial charge in [-0.05, 0) is 49.3 Å². The second kappa shape index (κ2) is 19.6. The molecule has 5 amide bonds. The molecule has 4 atom stereocenters. The van der Waals surface area contributed by atoms with E-state index >= 15 is 0 Å². The lowest BCUT2D eigenvalue weighted by molar-refractivity contribution is -0.138. The van der Waals surface area contributed by atoms with Gasteiger partial charge in [-0.1, -0.05) is 74.5 Å². The quantitative estimate of drug-likeness (QED) is 0.141. The third-order valence-electron chi connectivity index (χ3n) is 8.42. The van der Waals surface area contributed by atoms with E-state index in [2.05, 4.69) is 21.3 Å². The smallest absolute Gasteiger partial charge is 0.318 e. The largest absolute Gasteiger partial charge is 0.343 e. The van der Waals surface area contributed by atoms with Crippen LogP contribution in [0, 0.1) is 5.92 Å². The van der Waals surface area contributed by atoms with Crippen molar-refractivity contribution in [2.75, 3.05) is 46.3 Å². The van der Waals surface area contributed by atoms with E-state index in [1.165, 1.54) is 4.90 Å². The van der Waals surface area contributed by atoms with Crippen LogP contribution >= 0.6 is 0 Å². The van der Waals surface area contributed by atoms with Crippen LogP contribution in [0.5, 0.6) is 0 Å². The van der Waals surface area contributed by atoms with Crippen molar-refractivity contribution in [3.8, 4) is 0 Å². The van der Waals surface area contributed by atoms with E-state index in [4.69, 9.17) is 11.5 Å². The van der Waals surface area contributed by atoms with Crippen molar-refractivity contribution >= 4 is 23.8 Å². The summed E-state index contributed by atoms with van der Waals surface area (Å²) < 4.78 is 0. The number of hydrogen-bond acceptors (Lipinski definition) is 7. The van der Waals surface area contributed by atoms with Gasteiger partial charge in [0, 0.05) is 46.2 Å². The van der Waals surface area contributed by atoms with Gasteiger partial charge in [-0.2, -0.15) is 0 Å². The number of carbonyl (C=O) groups excluding carboxylic acids is 4. The lowest BCUT2D eigenvalue weighted by Crippen LogP contribution is -2.59. The van der Waals surface area contributed by atoms with Gasteiger partial charge in [0.05, 0.1) is 6.04 Å². The highest BCUT2D eigenvalue weighted by Crippen LogP contribution is 2.18. The molecule has 258 valence electrons. The Morgan fingerprint density at radius 3 is 2.02 bits per heavy atom. The second-order valence-electron chi connectivity index (χ2n) is 12.6. The fourth-order valence-electron chi connectivity index (χ4n) is 5.75. The first-order valence-electron chi connectivity index (χ1n) is 16.8. The standard InChI is InChI=1S/C35H54N8O4/c1-25(2)22-29(32(44)39-28(16-10-11-17-36)34(46)43-20-18-38-19-21-43)40-33(45)30(23-26-12-6-4-7-13-26)41-35(47)42(3)31(24-37)27-14-8-5-9-15-27/h4-9,12-15,25,28-31,38H,10-11,16-24,36-37H2,1-3H3,(H,39,44)(H,40,45)(H,41,47)/t28-,29-,30-,31?/m1/s1. The molecule has 0 radical (unpaired) electrons. The highest BCUT2D eigenvalue weighted by Gasteiger charge is 2.33. The molecule has 0 saturated carbocycles. The third kappa shape index (κ3) is 11.9. The van der Waals surface area contributed by atoms with Crippen LogP contribution in [0.25, 0.3) is 0 Å². The summed E-state index contributed by atoms with van der Waals surface area (Å²) in [5, 5.41) is 12.0. The molecule has 2 aromatic rings. The van der Waals surface area contributed by atoms with Crippen LogP contribution in [-0.2, 0) is 20.8 Å². The molecule has 8 N–H and O–H groups in total. The fourth-order valence-corrected chi connectivity index (χ4v) is 5.75. The van der Waals surface area contributed by atoms with Gasteiger partial charge in [-0.3, -0.25) is 14.4 Å². The molecule has 1 aliphatic heterocycles. The molecular weight excluding hydrogens is 596 g/mol. The SMILES string of the molecule is CC(C)C[C@@H](NC(=O)[C@@H](Cc1ccccc1)NC(=O)N(C)C(CN)c1ccccc1)C(=O)N[C@H](CCCCN)C(=O)N1CCNCC1. The lowest BCUT2D eigenvalue weighted by atomic mass is 10.00. The molecule has 1 unspecified atom stereocenters. The fraction of sp³-hybridized carbons (Fsp3) is 0.543.